The Morgan fingerprint density at radius 3 is 2.45 bits per heavy atom. The Bertz CT molecular complexity index is 1030. The molecule has 0 bridgehead atoms. The van der Waals surface area contributed by atoms with E-state index in [4.69, 9.17) is 16.3 Å². The summed E-state index contributed by atoms with van der Waals surface area (Å²) in [6.07, 6.45) is 0.527. The van der Waals surface area contributed by atoms with Crippen molar-refractivity contribution >= 4 is 37.4 Å². The first kappa shape index (κ1) is 24.4. The van der Waals surface area contributed by atoms with Crippen molar-refractivity contribution in [3.05, 3.63) is 28.8 Å². The number of hydrogen-bond acceptors (Lipinski definition) is 6. The monoisotopic (exact) mass is 492 g/mol. The van der Waals surface area contributed by atoms with Gasteiger partial charge in [-0.3, -0.25) is 4.79 Å². The molecule has 1 amide bonds. The number of sulfonamides is 1. The third-order valence-corrected chi connectivity index (χ3v) is 9.62. The van der Waals surface area contributed by atoms with Crippen molar-refractivity contribution in [3.63, 3.8) is 0 Å². The quantitative estimate of drug-likeness (QED) is 0.603. The molecule has 3 rings (SSSR count). The van der Waals surface area contributed by atoms with Crippen LogP contribution in [0, 0.1) is 0 Å². The van der Waals surface area contributed by atoms with Crippen LogP contribution in [0.25, 0.3) is 0 Å². The molecule has 1 aromatic rings. The van der Waals surface area contributed by atoms with E-state index in [1.54, 1.807) is 18.7 Å². The fraction of sp³-hybridized carbons (Fsp3) is 0.650. The molecule has 2 heterocycles. The summed E-state index contributed by atoms with van der Waals surface area (Å²) in [5, 5.41) is 0.0360. The Morgan fingerprint density at radius 1 is 1.26 bits per heavy atom. The van der Waals surface area contributed by atoms with Gasteiger partial charge in [-0.2, -0.15) is 4.31 Å². The van der Waals surface area contributed by atoms with E-state index in [2.05, 4.69) is 0 Å². The number of amides is 1. The van der Waals surface area contributed by atoms with E-state index in [0.717, 1.165) is 0 Å². The zero-order chi connectivity index (χ0) is 23.0. The number of ether oxygens (including phenoxy) is 1. The van der Waals surface area contributed by atoms with Crippen LogP contribution in [-0.4, -0.2) is 81.3 Å². The smallest absolute Gasteiger partial charge is 0.254 e. The Labute approximate surface area is 189 Å². The summed E-state index contributed by atoms with van der Waals surface area (Å²) in [6, 6.07) is 3.79. The highest BCUT2D eigenvalue weighted by Crippen LogP contribution is 2.29. The first-order chi connectivity index (χ1) is 14.4. The summed E-state index contributed by atoms with van der Waals surface area (Å²) < 4.78 is 57.4. The van der Waals surface area contributed by atoms with Gasteiger partial charge in [0.15, 0.2) is 9.84 Å². The topological polar surface area (TPSA) is 101 Å². The van der Waals surface area contributed by atoms with E-state index in [1.807, 2.05) is 6.92 Å². The molecule has 0 N–H and O–H groups in total. The van der Waals surface area contributed by atoms with Gasteiger partial charge in [0.2, 0.25) is 10.0 Å². The third-order valence-electron chi connectivity index (χ3n) is 5.56. The maximum absolute atomic E-state index is 13.3. The first-order valence-electron chi connectivity index (χ1n) is 10.4. The van der Waals surface area contributed by atoms with Gasteiger partial charge in [-0.15, -0.1) is 0 Å². The Balaban J connectivity index is 1.93. The van der Waals surface area contributed by atoms with Crippen molar-refractivity contribution in [3.8, 4) is 0 Å². The molecule has 2 saturated heterocycles. The van der Waals surface area contributed by atoms with E-state index < -0.39 is 25.9 Å². The lowest BCUT2D eigenvalue weighted by Gasteiger charge is -2.34. The molecule has 2 fully saturated rings. The van der Waals surface area contributed by atoms with E-state index in [0.29, 0.717) is 19.4 Å². The SMILES string of the molecule is CCCN(C(=O)c1ccc(Cl)c(S(=O)(=O)N2C[C@H](C)O[C@@H](C)C2)c1)[C@@H]1CCS(=O)(=O)C1. The van der Waals surface area contributed by atoms with E-state index >= 15 is 0 Å². The lowest BCUT2D eigenvalue weighted by Crippen LogP contribution is -2.48. The zero-order valence-corrected chi connectivity index (χ0v) is 20.3. The Kier molecular flexibility index (Phi) is 7.37. The van der Waals surface area contributed by atoms with Crippen LogP contribution in [0.15, 0.2) is 23.1 Å². The molecular weight excluding hydrogens is 464 g/mol. The number of nitrogens with zero attached hydrogens (tertiary/aromatic N) is 2. The predicted molar refractivity (Wildman–Crippen MR) is 119 cm³/mol. The second-order valence-electron chi connectivity index (χ2n) is 8.28. The number of morpholine rings is 1. The summed E-state index contributed by atoms with van der Waals surface area (Å²) >= 11 is 6.24. The Hall–Kier alpha value is -1.20. The second kappa shape index (κ2) is 9.35. The minimum atomic E-state index is -3.94. The minimum absolute atomic E-state index is 0.0360. The molecule has 0 saturated carbocycles. The molecule has 11 heteroatoms. The lowest BCUT2D eigenvalue weighted by atomic mass is 10.1. The number of benzene rings is 1. The molecule has 0 spiro atoms. The number of carbonyl (C=O) groups is 1. The summed E-state index contributed by atoms with van der Waals surface area (Å²) in [5.41, 5.74) is 0.176. The van der Waals surface area contributed by atoms with Crippen molar-refractivity contribution < 1.29 is 26.4 Å². The fourth-order valence-electron chi connectivity index (χ4n) is 4.18. The summed E-state index contributed by atoms with van der Waals surface area (Å²) in [7, 11) is -7.10. The predicted octanol–water partition coefficient (Wildman–Crippen LogP) is 2.18. The second-order valence-corrected chi connectivity index (χ2v) is 12.8. The average Bonchev–Trinajstić information content (AvgIpc) is 3.04. The molecule has 1 aromatic carbocycles. The van der Waals surface area contributed by atoms with Gasteiger partial charge in [0.1, 0.15) is 4.90 Å². The summed E-state index contributed by atoms with van der Waals surface area (Å²) in [4.78, 5) is 14.7. The van der Waals surface area contributed by atoms with Gasteiger partial charge >= 0.3 is 0 Å². The van der Waals surface area contributed by atoms with Crippen LogP contribution in [-0.2, 0) is 24.6 Å². The van der Waals surface area contributed by atoms with Gasteiger partial charge in [-0.25, -0.2) is 16.8 Å². The highest BCUT2D eigenvalue weighted by Gasteiger charge is 2.36. The molecule has 2 aliphatic rings. The van der Waals surface area contributed by atoms with Crippen molar-refractivity contribution in [2.24, 2.45) is 0 Å². The fourth-order valence-corrected chi connectivity index (χ4v) is 8.00. The van der Waals surface area contributed by atoms with E-state index in [9.17, 15) is 21.6 Å². The van der Waals surface area contributed by atoms with Crippen molar-refractivity contribution in [1.29, 1.82) is 0 Å². The van der Waals surface area contributed by atoms with Gasteiger partial charge < -0.3 is 9.64 Å². The molecule has 174 valence electrons. The standard InChI is InChI=1S/C20H29ClN2O6S2/c1-4-8-23(17-7-9-30(25,26)13-17)20(24)16-5-6-18(21)19(10-16)31(27,28)22-11-14(2)29-15(3)12-22/h5-6,10,14-15,17H,4,7-9,11-13H2,1-3H3/t14-,15-,17+/m0/s1. The van der Waals surface area contributed by atoms with Crippen LogP contribution in [0.2, 0.25) is 5.02 Å². The zero-order valence-electron chi connectivity index (χ0n) is 18.0. The molecular formula is C20H29ClN2O6S2. The highest BCUT2D eigenvalue weighted by atomic mass is 35.5. The van der Waals surface area contributed by atoms with Crippen LogP contribution in [0.5, 0.6) is 0 Å². The minimum Gasteiger partial charge on any atom is -0.373 e. The van der Waals surface area contributed by atoms with Crippen LogP contribution in [0.1, 0.15) is 44.0 Å². The summed E-state index contributed by atoms with van der Waals surface area (Å²) in [6.45, 7) is 6.30. The number of carbonyl (C=O) groups excluding carboxylic acids is 1. The number of hydrogen-bond donors (Lipinski definition) is 0. The van der Waals surface area contributed by atoms with Crippen LogP contribution < -0.4 is 0 Å². The Morgan fingerprint density at radius 2 is 1.90 bits per heavy atom. The molecule has 0 unspecified atom stereocenters. The highest BCUT2D eigenvalue weighted by molar-refractivity contribution is 7.91. The van der Waals surface area contributed by atoms with Crippen molar-refractivity contribution in [1.82, 2.24) is 9.21 Å². The van der Waals surface area contributed by atoms with E-state index in [-0.39, 0.29) is 58.2 Å². The van der Waals surface area contributed by atoms with Crippen molar-refractivity contribution in [2.75, 3.05) is 31.1 Å². The number of sulfone groups is 1. The van der Waals surface area contributed by atoms with Gasteiger partial charge in [-0.05, 0) is 44.9 Å². The molecule has 0 radical (unpaired) electrons. The third kappa shape index (κ3) is 5.42. The van der Waals surface area contributed by atoms with Gasteiger partial charge in [0.25, 0.3) is 5.91 Å². The largest absolute Gasteiger partial charge is 0.373 e. The number of halogens is 1. The first-order valence-corrected chi connectivity index (χ1v) is 14.0. The number of rotatable bonds is 6. The summed E-state index contributed by atoms with van der Waals surface area (Å²) in [5.74, 6) is -0.402. The molecule has 3 atom stereocenters. The normalized spacial score (nSPS) is 26.6. The molecule has 8 nitrogen and oxygen atoms in total. The van der Waals surface area contributed by atoms with Gasteiger partial charge in [0, 0.05) is 31.2 Å². The maximum Gasteiger partial charge on any atom is 0.254 e. The molecule has 0 aromatic heterocycles. The lowest BCUT2D eigenvalue weighted by molar-refractivity contribution is -0.0440. The van der Waals surface area contributed by atoms with Gasteiger partial charge in [0.05, 0.1) is 28.7 Å². The molecule has 2 aliphatic heterocycles. The maximum atomic E-state index is 13.3. The van der Waals surface area contributed by atoms with Crippen LogP contribution in [0.4, 0.5) is 0 Å². The average molecular weight is 493 g/mol. The van der Waals surface area contributed by atoms with E-state index in [1.165, 1.54) is 22.5 Å². The van der Waals surface area contributed by atoms with Gasteiger partial charge in [-0.1, -0.05) is 18.5 Å². The van der Waals surface area contributed by atoms with Crippen LogP contribution in [0.3, 0.4) is 0 Å². The molecule has 31 heavy (non-hydrogen) atoms. The van der Waals surface area contributed by atoms with Crippen molar-refractivity contribution in [2.45, 2.75) is 56.8 Å². The molecule has 0 aliphatic carbocycles. The van der Waals surface area contributed by atoms with Crippen LogP contribution >= 0.6 is 11.6 Å².